The summed E-state index contributed by atoms with van der Waals surface area (Å²) in [5.74, 6) is -3.06. The molecule has 0 aromatic heterocycles. The number of hydrogen-bond donors (Lipinski definition) is 1. The van der Waals surface area contributed by atoms with Gasteiger partial charge in [-0.05, 0) is 42.8 Å². The molecule has 1 unspecified atom stereocenters. The summed E-state index contributed by atoms with van der Waals surface area (Å²) in [4.78, 5) is 12.8. The molecule has 124 valence electrons. The summed E-state index contributed by atoms with van der Waals surface area (Å²) in [6.45, 7) is 1.86. The molecule has 3 rings (SSSR count). The van der Waals surface area contributed by atoms with Crippen molar-refractivity contribution in [3.05, 3.63) is 59.2 Å². The van der Waals surface area contributed by atoms with Gasteiger partial charge in [0.05, 0.1) is 18.4 Å². The van der Waals surface area contributed by atoms with Crippen LogP contribution in [0.4, 0.5) is 20.2 Å². The van der Waals surface area contributed by atoms with Gasteiger partial charge < -0.3 is 14.7 Å². The van der Waals surface area contributed by atoms with Gasteiger partial charge in [0.1, 0.15) is 0 Å². The maximum atomic E-state index is 14.7. The maximum absolute atomic E-state index is 14.7. The number of carboxylic acids is 1. The van der Waals surface area contributed by atoms with Crippen LogP contribution in [0.2, 0.25) is 0 Å². The van der Waals surface area contributed by atoms with Gasteiger partial charge in [-0.1, -0.05) is 12.2 Å². The monoisotopic (exact) mass is 331 g/mol. The van der Waals surface area contributed by atoms with Gasteiger partial charge in [0.2, 0.25) is 0 Å². The Hall–Kier alpha value is -2.89. The molecule has 0 amide bonds. The van der Waals surface area contributed by atoms with Crippen LogP contribution in [-0.2, 0) is 0 Å². The lowest BCUT2D eigenvalue weighted by Gasteiger charge is -2.34. The lowest BCUT2D eigenvalue weighted by atomic mass is 10.00. The summed E-state index contributed by atoms with van der Waals surface area (Å²) >= 11 is 0. The van der Waals surface area contributed by atoms with E-state index in [1.165, 1.54) is 25.3 Å². The van der Waals surface area contributed by atoms with Crippen LogP contribution in [0.5, 0.6) is 5.75 Å². The molecule has 0 radical (unpaired) electrons. The van der Waals surface area contributed by atoms with E-state index in [2.05, 4.69) is 0 Å². The predicted octanol–water partition coefficient (Wildman–Crippen LogP) is 4.23. The normalized spacial score (nSPS) is 16.0. The first kappa shape index (κ1) is 16.0. The summed E-state index contributed by atoms with van der Waals surface area (Å²) in [6.07, 6.45) is 3.62. The highest BCUT2D eigenvalue weighted by Gasteiger charge is 2.26. The number of methoxy groups -OCH3 is 1. The van der Waals surface area contributed by atoms with Gasteiger partial charge in [-0.15, -0.1) is 0 Å². The summed E-state index contributed by atoms with van der Waals surface area (Å²) in [5.41, 5.74) is 1.60. The molecule has 1 heterocycles. The van der Waals surface area contributed by atoms with E-state index >= 15 is 0 Å². The maximum Gasteiger partial charge on any atom is 0.335 e. The van der Waals surface area contributed by atoms with Crippen molar-refractivity contribution >= 4 is 23.4 Å². The van der Waals surface area contributed by atoms with Gasteiger partial charge in [-0.2, -0.15) is 0 Å². The molecule has 1 atom stereocenters. The summed E-state index contributed by atoms with van der Waals surface area (Å²) < 4.78 is 33.1. The molecule has 0 aliphatic carbocycles. The Bertz CT molecular complexity index is 848. The van der Waals surface area contributed by atoms with Crippen molar-refractivity contribution in [2.24, 2.45) is 0 Å². The highest BCUT2D eigenvalue weighted by atomic mass is 19.1. The van der Waals surface area contributed by atoms with Gasteiger partial charge in [0.15, 0.2) is 17.4 Å². The first-order valence-electron chi connectivity index (χ1n) is 7.30. The zero-order valence-corrected chi connectivity index (χ0v) is 13.1. The van der Waals surface area contributed by atoms with Crippen molar-refractivity contribution in [3.63, 3.8) is 0 Å². The number of carbonyl (C=O) groups is 1. The van der Waals surface area contributed by atoms with Gasteiger partial charge >= 0.3 is 5.97 Å². The number of rotatable bonds is 3. The van der Waals surface area contributed by atoms with E-state index in [4.69, 9.17) is 9.84 Å². The average molecular weight is 331 g/mol. The zero-order chi connectivity index (χ0) is 17.4. The van der Waals surface area contributed by atoms with Crippen molar-refractivity contribution in [3.8, 4) is 5.75 Å². The smallest absolute Gasteiger partial charge is 0.335 e. The van der Waals surface area contributed by atoms with Crippen LogP contribution < -0.4 is 9.64 Å². The van der Waals surface area contributed by atoms with Crippen LogP contribution in [0.25, 0.3) is 6.08 Å². The quantitative estimate of drug-likeness (QED) is 0.915. The molecule has 24 heavy (non-hydrogen) atoms. The van der Waals surface area contributed by atoms with E-state index in [-0.39, 0.29) is 17.3 Å². The minimum Gasteiger partial charge on any atom is -0.491 e. The Kier molecular flexibility index (Phi) is 3.97. The number of ether oxygens (including phenoxy) is 1. The van der Waals surface area contributed by atoms with Crippen molar-refractivity contribution in [1.82, 2.24) is 0 Å². The molecule has 0 saturated carbocycles. The summed E-state index contributed by atoms with van der Waals surface area (Å²) in [6, 6.07) is 6.89. The molecule has 1 aliphatic rings. The lowest BCUT2D eigenvalue weighted by Crippen LogP contribution is -2.30. The standard InChI is InChI=1S/C18H15F2NO3/c1-10-3-4-11-9-12(18(22)23)5-7-14(11)21(10)15-8-6-13(19)17(24-2)16(15)20/h3-10H,1-2H3,(H,22,23). The SMILES string of the molecule is COc1c(F)ccc(N2c3ccc(C(=O)O)cc3C=CC2C)c1F. The third kappa shape index (κ3) is 2.50. The van der Waals surface area contributed by atoms with Crippen LogP contribution in [0.1, 0.15) is 22.8 Å². The first-order chi connectivity index (χ1) is 11.4. The molecule has 1 N–H and O–H groups in total. The fraction of sp³-hybridized carbons (Fsp3) is 0.167. The first-order valence-corrected chi connectivity index (χ1v) is 7.30. The number of hydrogen-bond acceptors (Lipinski definition) is 3. The summed E-state index contributed by atoms with van der Waals surface area (Å²) in [7, 11) is 1.21. The van der Waals surface area contributed by atoms with E-state index in [9.17, 15) is 13.6 Å². The number of fused-ring (bicyclic) bond motifs is 1. The van der Waals surface area contributed by atoms with E-state index in [0.29, 0.717) is 11.3 Å². The minimum absolute atomic E-state index is 0.144. The molecule has 2 aromatic carbocycles. The van der Waals surface area contributed by atoms with E-state index < -0.39 is 23.4 Å². The van der Waals surface area contributed by atoms with Crippen LogP contribution in [0.15, 0.2) is 36.4 Å². The van der Waals surface area contributed by atoms with Gasteiger partial charge in [0, 0.05) is 11.7 Å². The third-order valence-corrected chi connectivity index (χ3v) is 3.99. The minimum atomic E-state index is -1.04. The highest BCUT2D eigenvalue weighted by Crippen LogP contribution is 2.40. The second-order valence-corrected chi connectivity index (χ2v) is 5.46. The van der Waals surface area contributed by atoms with E-state index in [0.717, 1.165) is 6.07 Å². The Balaban J connectivity index is 2.17. The molecule has 0 saturated heterocycles. The van der Waals surface area contributed by atoms with Crippen LogP contribution in [-0.4, -0.2) is 24.2 Å². The number of nitrogens with zero attached hydrogens (tertiary/aromatic N) is 1. The van der Waals surface area contributed by atoms with E-state index in [1.807, 2.05) is 13.0 Å². The molecule has 0 bridgehead atoms. The number of aromatic carboxylic acids is 1. The van der Waals surface area contributed by atoms with Crippen molar-refractivity contribution < 1.29 is 23.4 Å². The van der Waals surface area contributed by atoms with E-state index in [1.54, 1.807) is 17.0 Å². The second kappa shape index (κ2) is 5.96. The highest BCUT2D eigenvalue weighted by molar-refractivity contribution is 5.91. The molecular formula is C18H15F2NO3. The van der Waals surface area contributed by atoms with Crippen molar-refractivity contribution in [2.75, 3.05) is 12.0 Å². The van der Waals surface area contributed by atoms with Crippen molar-refractivity contribution in [1.29, 1.82) is 0 Å². The number of carboxylic acid groups (broad SMARTS) is 1. The number of halogens is 2. The molecular weight excluding hydrogens is 316 g/mol. The van der Waals surface area contributed by atoms with Gasteiger partial charge in [-0.3, -0.25) is 0 Å². The lowest BCUT2D eigenvalue weighted by molar-refractivity contribution is 0.0697. The third-order valence-electron chi connectivity index (χ3n) is 3.99. The average Bonchev–Trinajstić information content (AvgIpc) is 2.56. The largest absolute Gasteiger partial charge is 0.491 e. The predicted molar refractivity (Wildman–Crippen MR) is 86.9 cm³/mol. The van der Waals surface area contributed by atoms with Gasteiger partial charge in [0.25, 0.3) is 0 Å². The number of benzene rings is 2. The van der Waals surface area contributed by atoms with Crippen molar-refractivity contribution in [2.45, 2.75) is 13.0 Å². The van der Waals surface area contributed by atoms with Crippen LogP contribution in [0, 0.1) is 11.6 Å². The topological polar surface area (TPSA) is 49.8 Å². The Morgan fingerprint density at radius 2 is 1.92 bits per heavy atom. The summed E-state index contributed by atoms with van der Waals surface area (Å²) in [5, 5.41) is 9.11. The Morgan fingerprint density at radius 3 is 2.58 bits per heavy atom. The zero-order valence-electron chi connectivity index (χ0n) is 13.1. The molecule has 4 nitrogen and oxygen atoms in total. The molecule has 6 heteroatoms. The molecule has 2 aromatic rings. The fourth-order valence-electron chi connectivity index (χ4n) is 2.83. The Labute approximate surface area is 137 Å². The molecule has 0 fully saturated rings. The fourth-order valence-corrected chi connectivity index (χ4v) is 2.83. The molecule has 0 spiro atoms. The van der Waals surface area contributed by atoms with Crippen LogP contribution in [0.3, 0.4) is 0 Å². The molecule has 1 aliphatic heterocycles. The number of anilines is 2. The van der Waals surface area contributed by atoms with Gasteiger partial charge in [-0.25, -0.2) is 13.6 Å². The van der Waals surface area contributed by atoms with Crippen LogP contribution >= 0.6 is 0 Å². The Morgan fingerprint density at radius 1 is 1.21 bits per heavy atom. The second-order valence-electron chi connectivity index (χ2n) is 5.46.